The van der Waals surface area contributed by atoms with E-state index in [0.717, 1.165) is 17.8 Å². The van der Waals surface area contributed by atoms with Crippen molar-refractivity contribution in [1.82, 2.24) is 10.1 Å². The Labute approximate surface area is 137 Å². The number of rotatable bonds is 7. The van der Waals surface area contributed by atoms with Gasteiger partial charge in [0, 0.05) is 19.2 Å². The van der Waals surface area contributed by atoms with Gasteiger partial charge < -0.3 is 14.4 Å². The fraction of sp³-hybridized carbons (Fsp3) is 0.438. The van der Waals surface area contributed by atoms with Gasteiger partial charge in [-0.1, -0.05) is 5.16 Å². The molecule has 0 aliphatic carbocycles. The summed E-state index contributed by atoms with van der Waals surface area (Å²) in [5, 5.41) is 13.8. The highest BCUT2D eigenvalue weighted by molar-refractivity contribution is 5.28. The first-order valence-corrected chi connectivity index (χ1v) is 7.33. The predicted octanol–water partition coefficient (Wildman–Crippen LogP) is 2.87. The first-order chi connectivity index (χ1) is 11.2. The van der Waals surface area contributed by atoms with E-state index >= 15 is 0 Å². The smallest absolute Gasteiger partial charge is 0.416 e. The van der Waals surface area contributed by atoms with Crippen LogP contribution in [-0.2, 0) is 12.7 Å². The van der Waals surface area contributed by atoms with Crippen LogP contribution in [0, 0.1) is 6.92 Å². The van der Waals surface area contributed by atoms with Gasteiger partial charge in [-0.2, -0.15) is 13.2 Å². The van der Waals surface area contributed by atoms with Crippen molar-refractivity contribution >= 4 is 0 Å². The Hall–Kier alpha value is -2.06. The summed E-state index contributed by atoms with van der Waals surface area (Å²) in [4.78, 5) is 1.85. The normalized spacial score (nSPS) is 13.3. The van der Waals surface area contributed by atoms with Crippen LogP contribution in [0.15, 0.2) is 34.9 Å². The van der Waals surface area contributed by atoms with E-state index in [4.69, 9.17) is 9.26 Å². The Morgan fingerprint density at radius 2 is 1.96 bits per heavy atom. The molecular weight excluding hydrogens is 325 g/mol. The van der Waals surface area contributed by atoms with Crippen LogP contribution in [0.3, 0.4) is 0 Å². The minimum Gasteiger partial charge on any atom is -0.491 e. The van der Waals surface area contributed by atoms with E-state index in [2.05, 4.69) is 5.16 Å². The Balaban J connectivity index is 1.77. The van der Waals surface area contributed by atoms with Crippen molar-refractivity contribution in [2.75, 3.05) is 20.2 Å². The van der Waals surface area contributed by atoms with Crippen molar-refractivity contribution in [3.05, 3.63) is 47.3 Å². The maximum Gasteiger partial charge on any atom is 0.416 e. The fourth-order valence-corrected chi connectivity index (χ4v) is 2.18. The van der Waals surface area contributed by atoms with Crippen molar-refractivity contribution < 1.29 is 27.5 Å². The van der Waals surface area contributed by atoms with Gasteiger partial charge in [0.15, 0.2) is 0 Å². The quantitative estimate of drug-likeness (QED) is 0.837. The molecule has 1 unspecified atom stereocenters. The number of aromatic nitrogens is 1. The molecule has 24 heavy (non-hydrogen) atoms. The van der Waals surface area contributed by atoms with Crippen molar-refractivity contribution in [1.29, 1.82) is 0 Å². The summed E-state index contributed by atoms with van der Waals surface area (Å²) in [6.07, 6.45) is -5.16. The molecule has 5 nitrogen and oxygen atoms in total. The van der Waals surface area contributed by atoms with Crippen molar-refractivity contribution in [3.63, 3.8) is 0 Å². The van der Waals surface area contributed by atoms with Gasteiger partial charge in [0.1, 0.15) is 24.2 Å². The first kappa shape index (κ1) is 18.3. The predicted molar refractivity (Wildman–Crippen MR) is 80.5 cm³/mol. The number of benzene rings is 1. The molecule has 0 saturated carbocycles. The largest absolute Gasteiger partial charge is 0.491 e. The number of nitrogens with zero attached hydrogens (tertiary/aromatic N) is 2. The van der Waals surface area contributed by atoms with E-state index in [9.17, 15) is 18.3 Å². The third kappa shape index (κ3) is 5.54. The van der Waals surface area contributed by atoms with Crippen LogP contribution < -0.4 is 4.74 Å². The molecule has 8 heteroatoms. The molecule has 0 fully saturated rings. The number of aliphatic hydroxyl groups excluding tert-OH is 1. The number of aliphatic hydroxyl groups is 1. The van der Waals surface area contributed by atoms with E-state index in [0.29, 0.717) is 18.8 Å². The lowest BCUT2D eigenvalue weighted by Crippen LogP contribution is -2.32. The summed E-state index contributed by atoms with van der Waals surface area (Å²) in [5.74, 6) is 0.987. The standard InChI is InChI=1S/C16H19F3N2O3/c1-11-7-13(20-24-11)8-21(2)9-14(22)10-23-15-5-3-12(4-6-15)16(17,18)19/h3-7,14,22H,8-10H2,1-2H3. The topological polar surface area (TPSA) is 58.7 Å². The molecule has 0 radical (unpaired) electrons. The summed E-state index contributed by atoms with van der Waals surface area (Å²) >= 11 is 0. The van der Waals surface area contributed by atoms with E-state index in [1.165, 1.54) is 12.1 Å². The summed E-state index contributed by atoms with van der Waals surface area (Å²) in [6, 6.07) is 6.16. The molecule has 1 atom stereocenters. The van der Waals surface area contributed by atoms with Crippen LogP contribution in [-0.4, -0.2) is 41.5 Å². The SMILES string of the molecule is Cc1cc(CN(C)CC(O)COc2ccc(C(F)(F)F)cc2)no1. The van der Waals surface area contributed by atoms with Gasteiger partial charge in [-0.15, -0.1) is 0 Å². The van der Waals surface area contributed by atoms with E-state index in [-0.39, 0.29) is 12.4 Å². The minimum atomic E-state index is -4.37. The van der Waals surface area contributed by atoms with Crippen LogP contribution in [0.4, 0.5) is 13.2 Å². The van der Waals surface area contributed by atoms with Crippen molar-refractivity contribution in [3.8, 4) is 5.75 Å². The molecule has 1 aromatic carbocycles. The molecule has 0 aliphatic heterocycles. The number of hydrogen-bond acceptors (Lipinski definition) is 5. The highest BCUT2D eigenvalue weighted by Gasteiger charge is 2.30. The number of aryl methyl sites for hydroxylation is 1. The maximum atomic E-state index is 12.5. The molecule has 1 heterocycles. The van der Waals surface area contributed by atoms with Gasteiger partial charge in [-0.25, -0.2) is 0 Å². The lowest BCUT2D eigenvalue weighted by atomic mass is 10.2. The zero-order chi connectivity index (χ0) is 17.7. The summed E-state index contributed by atoms with van der Waals surface area (Å²) in [5.41, 5.74) is 0.0175. The molecule has 132 valence electrons. The Kier molecular flexibility index (Phi) is 5.84. The molecule has 2 aromatic rings. The molecule has 0 saturated heterocycles. The molecule has 0 amide bonds. The number of hydrogen-bond donors (Lipinski definition) is 1. The fourth-order valence-electron chi connectivity index (χ4n) is 2.18. The molecular formula is C16H19F3N2O3. The molecule has 2 rings (SSSR count). The lowest BCUT2D eigenvalue weighted by molar-refractivity contribution is -0.137. The second-order valence-corrected chi connectivity index (χ2v) is 5.61. The molecule has 0 bridgehead atoms. The number of halogens is 3. The van der Waals surface area contributed by atoms with E-state index < -0.39 is 17.8 Å². The second kappa shape index (κ2) is 7.67. The van der Waals surface area contributed by atoms with Crippen LogP contribution in [0.25, 0.3) is 0 Å². The molecule has 0 aliphatic rings. The number of ether oxygens (including phenoxy) is 1. The van der Waals surface area contributed by atoms with Gasteiger partial charge in [-0.05, 0) is 38.2 Å². The van der Waals surface area contributed by atoms with Crippen LogP contribution in [0.5, 0.6) is 5.75 Å². The van der Waals surface area contributed by atoms with Crippen LogP contribution in [0.1, 0.15) is 17.0 Å². The third-order valence-electron chi connectivity index (χ3n) is 3.26. The highest BCUT2D eigenvalue weighted by Crippen LogP contribution is 2.30. The average molecular weight is 344 g/mol. The highest BCUT2D eigenvalue weighted by atomic mass is 19.4. The van der Waals surface area contributed by atoms with Crippen molar-refractivity contribution in [2.24, 2.45) is 0 Å². The average Bonchev–Trinajstić information content (AvgIpc) is 2.89. The van der Waals surface area contributed by atoms with Crippen LogP contribution in [0.2, 0.25) is 0 Å². The van der Waals surface area contributed by atoms with Gasteiger partial charge in [0.25, 0.3) is 0 Å². The summed E-state index contributed by atoms with van der Waals surface area (Å²) in [7, 11) is 1.81. The van der Waals surface area contributed by atoms with Gasteiger partial charge in [0.05, 0.1) is 11.3 Å². The number of likely N-dealkylation sites (N-methyl/N-ethyl adjacent to an activating group) is 1. The van der Waals surface area contributed by atoms with E-state index in [1.54, 1.807) is 6.92 Å². The van der Waals surface area contributed by atoms with Gasteiger partial charge >= 0.3 is 6.18 Å². The van der Waals surface area contributed by atoms with Crippen molar-refractivity contribution in [2.45, 2.75) is 25.7 Å². The molecule has 1 N–H and O–H groups in total. The van der Waals surface area contributed by atoms with Gasteiger partial charge in [-0.3, -0.25) is 4.90 Å². The Morgan fingerprint density at radius 3 is 2.50 bits per heavy atom. The maximum absolute atomic E-state index is 12.5. The summed E-state index contributed by atoms with van der Waals surface area (Å²) in [6.45, 7) is 2.61. The lowest BCUT2D eigenvalue weighted by Gasteiger charge is -2.19. The zero-order valence-electron chi connectivity index (χ0n) is 13.4. The van der Waals surface area contributed by atoms with Gasteiger partial charge in [0.2, 0.25) is 0 Å². The third-order valence-corrected chi connectivity index (χ3v) is 3.26. The van der Waals surface area contributed by atoms with Crippen LogP contribution >= 0.6 is 0 Å². The summed E-state index contributed by atoms with van der Waals surface area (Å²) < 4.78 is 47.7. The zero-order valence-corrected chi connectivity index (χ0v) is 13.4. The number of alkyl halides is 3. The first-order valence-electron chi connectivity index (χ1n) is 7.33. The monoisotopic (exact) mass is 344 g/mol. The Bertz CT molecular complexity index is 641. The van der Waals surface area contributed by atoms with E-state index in [1.807, 2.05) is 18.0 Å². The molecule has 1 aromatic heterocycles. The second-order valence-electron chi connectivity index (χ2n) is 5.61. The Morgan fingerprint density at radius 1 is 1.29 bits per heavy atom. The minimum absolute atomic E-state index is 0.0203. The molecule has 0 spiro atoms.